The van der Waals surface area contributed by atoms with E-state index in [0.717, 1.165) is 49.2 Å². The van der Waals surface area contributed by atoms with Gasteiger partial charge in [0.25, 0.3) is 0 Å². The molecule has 26 heavy (non-hydrogen) atoms. The lowest BCUT2D eigenvalue weighted by Crippen LogP contribution is -2.49. The van der Waals surface area contributed by atoms with Gasteiger partial charge in [-0.15, -0.1) is 0 Å². The van der Waals surface area contributed by atoms with Crippen LogP contribution in [0.2, 0.25) is 5.02 Å². The van der Waals surface area contributed by atoms with Crippen LogP contribution in [0.25, 0.3) is 10.9 Å². The van der Waals surface area contributed by atoms with Crippen LogP contribution >= 0.6 is 11.6 Å². The molecule has 1 aliphatic carbocycles. The zero-order chi connectivity index (χ0) is 18.3. The maximum absolute atomic E-state index is 13.2. The first kappa shape index (κ1) is 17.9. The number of H-pyrrole nitrogens is 1. The average Bonchev–Trinajstić information content (AvgIpc) is 3.00. The number of hydrogen-bond acceptors (Lipinski definition) is 3. The zero-order valence-electron chi connectivity index (χ0n) is 15.6. The fourth-order valence-electron chi connectivity index (χ4n) is 5.13. The van der Waals surface area contributed by atoms with Gasteiger partial charge in [-0.2, -0.15) is 0 Å². The third kappa shape index (κ3) is 2.74. The molecule has 0 saturated heterocycles. The molecule has 0 radical (unpaired) electrons. The second kappa shape index (κ2) is 6.90. The van der Waals surface area contributed by atoms with Crippen LogP contribution < -0.4 is 0 Å². The van der Waals surface area contributed by atoms with Gasteiger partial charge >= 0.3 is 5.97 Å². The molecular weight excluding hydrogens is 348 g/mol. The number of fused-ring (bicyclic) bond motifs is 3. The van der Waals surface area contributed by atoms with Crippen molar-refractivity contribution in [3.05, 3.63) is 34.5 Å². The number of ether oxygens (including phenoxy) is 1. The molecule has 1 fully saturated rings. The molecule has 1 aromatic heterocycles. The van der Waals surface area contributed by atoms with E-state index in [1.54, 1.807) is 0 Å². The van der Waals surface area contributed by atoms with Gasteiger partial charge < -0.3 is 9.72 Å². The molecule has 1 saturated carbocycles. The highest BCUT2D eigenvalue weighted by molar-refractivity contribution is 6.31. The molecule has 0 amide bonds. The van der Waals surface area contributed by atoms with Gasteiger partial charge in [0.15, 0.2) is 0 Å². The highest BCUT2D eigenvalue weighted by Crippen LogP contribution is 2.52. The van der Waals surface area contributed by atoms with Crippen molar-refractivity contribution in [1.82, 2.24) is 9.88 Å². The number of rotatable bonds is 3. The van der Waals surface area contributed by atoms with Crippen LogP contribution in [-0.4, -0.2) is 36.1 Å². The first-order valence-electron chi connectivity index (χ1n) is 9.74. The van der Waals surface area contributed by atoms with Crippen LogP contribution in [0.1, 0.15) is 56.3 Å². The molecule has 5 heteroatoms. The molecule has 4 nitrogen and oxygen atoms in total. The molecular formula is C21H27ClN2O2. The Morgan fingerprint density at radius 1 is 1.35 bits per heavy atom. The number of esters is 1. The standard InChI is InChI=1S/C21H27ClN2O2/c1-3-26-20(25)21(10-5-4-6-11-21)19-18-15(9-12-24(19)2)16-13-14(22)7-8-17(16)23-18/h7-8,13,19,23H,3-6,9-12H2,1-2H3. The fraction of sp³-hybridized carbons (Fsp3) is 0.571. The number of carbonyl (C=O) groups excluding carboxylic acids is 1. The minimum Gasteiger partial charge on any atom is -0.466 e. The van der Waals surface area contributed by atoms with E-state index < -0.39 is 5.41 Å². The van der Waals surface area contributed by atoms with E-state index >= 15 is 0 Å². The number of likely N-dealkylation sites (N-methyl/N-ethyl adjacent to an activating group) is 1. The average molecular weight is 375 g/mol. The van der Waals surface area contributed by atoms with Crippen molar-refractivity contribution in [2.75, 3.05) is 20.2 Å². The van der Waals surface area contributed by atoms with Gasteiger partial charge in [0.1, 0.15) is 0 Å². The number of aromatic nitrogens is 1. The van der Waals surface area contributed by atoms with Crippen LogP contribution in [0.15, 0.2) is 18.2 Å². The van der Waals surface area contributed by atoms with Crippen LogP contribution in [-0.2, 0) is 16.0 Å². The Morgan fingerprint density at radius 3 is 2.85 bits per heavy atom. The third-order valence-electron chi connectivity index (χ3n) is 6.28. The Labute approximate surface area is 159 Å². The molecule has 0 bridgehead atoms. The molecule has 2 aromatic rings. The minimum absolute atomic E-state index is 0.0268. The van der Waals surface area contributed by atoms with Crippen molar-refractivity contribution in [3.63, 3.8) is 0 Å². The zero-order valence-corrected chi connectivity index (χ0v) is 16.4. The summed E-state index contributed by atoms with van der Waals surface area (Å²) in [5.74, 6) is -0.0268. The summed E-state index contributed by atoms with van der Waals surface area (Å²) in [6.45, 7) is 3.28. The van der Waals surface area contributed by atoms with Crippen LogP contribution in [0.4, 0.5) is 0 Å². The van der Waals surface area contributed by atoms with Crippen molar-refractivity contribution in [3.8, 4) is 0 Å². The van der Waals surface area contributed by atoms with Crippen LogP contribution in [0.5, 0.6) is 0 Å². The summed E-state index contributed by atoms with van der Waals surface area (Å²) in [5.41, 5.74) is 3.16. The summed E-state index contributed by atoms with van der Waals surface area (Å²) >= 11 is 6.25. The first-order valence-corrected chi connectivity index (χ1v) is 10.1. The van der Waals surface area contributed by atoms with E-state index in [4.69, 9.17) is 16.3 Å². The number of nitrogens with one attached hydrogen (secondary N) is 1. The quantitative estimate of drug-likeness (QED) is 0.780. The normalized spacial score (nSPS) is 23.0. The van der Waals surface area contributed by atoms with Crippen LogP contribution in [0, 0.1) is 5.41 Å². The Kier molecular flexibility index (Phi) is 4.74. The summed E-state index contributed by atoms with van der Waals surface area (Å²) in [4.78, 5) is 19.1. The number of hydrogen-bond donors (Lipinski definition) is 1. The van der Waals surface area contributed by atoms with E-state index in [9.17, 15) is 4.79 Å². The molecule has 1 aliphatic heterocycles. The molecule has 2 heterocycles. The Hall–Kier alpha value is -1.52. The van der Waals surface area contributed by atoms with Crippen molar-refractivity contribution in [1.29, 1.82) is 0 Å². The molecule has 1 N–H and O–H groups in total. The van der Waals surface area contributed by atoms with Gasteiger partial charge in [0, 0.05) is 28.2 Å². The highest BCUT2D eigenvalue weighted by Gasteiger charge is 2.52. The summed E-state index contributed by atoms with van der Waals surface area (Å²) in [7, 11) is 2.14. The Balaban J connectivity index is 1.87. The maximum Gasteiger partial charge on any atom is 0.314 e. The minimum atomic E-state index is -0.456. The molecule has 1 unspecified atom stereocenters. The number of carbonyl (C=O) groups is 1. The highest BCUT2D eigenvalue weighted by atomic mass is 35.5. The van der Waals surface area contributed by atoms with E-state index in [2.05, 4.69) is 16.9 Å². The number of aromatic amines is 1. The molecule has 0 spiro atoms. The van der Waals surface area contributed by atoms with Gasteiger partial charge in [-0.25, -0.2) is 0 Å². The monoisotopic (exact) mass is 374 g/mol. The van der Waals surface area contributed by atoms with Gasteiger partial charge in [-0.1, -0.05) is 30.9 Å². The number of nitrogens with zero attached hydrogens (tertiary/aromatic N) is 1. The molecule has 1 atom stereocenters. The van der Waals surface area contributed by atoms with Gasteiger partial charge in [0.05, 0.1) is 18.1 Å². The summed E-state index contributed by atoms with van der Waals surface area (Å²) in [6.07, 6.45) is 6.15. The lowest BCUT2D eigenvalue weighted by atomic mass is 9.66. The predicted octanol–water partition coefficient (Wildman–Crippen LogP) is 4.86. The smallest absolute Gasteiger partial charge is 0.314 e. The molecule has 4 rings (SSSR count). The fourth-order valence-corrected chi connectivity index (χ4v) is 5.30. The van der Waals surface area contributed by atoms with Crippen molar-refractivity contribution in [2.24, 2.45) is 5.41 Å². The van der Waals surface area contributed by atoms with Crippen LogP contribution in [0.3, 0.4) is 0 Å². The lowest BCUT2D eigenvalue weighted by molar-refractivity contribution is -0.164. The van der Waals surface area contributed by atoms with Gasteiger partial charge in [-0.05, 0) is 57.0 Å². The second-order valence-corrected chi connectivity index (χ2v) is 8.21. The summed E-state index contributed by atoms with van der Waals surface area (Å²) < 4.78 is 5.59. The van der Waals surface area contributed by atoms with Crippen molar-refractivity contribution >= 4 is 28.5 Å². The molecule has 140 valence electrons. The number of benzene rings is 1. The summed E-state index contributed by atoms with van der Waals surface area (Å²) in [5, 5.41) is 1.95. The SMILES string of the molecule is CCOC(=O)C1(C2c3[nH]c4ccc(Cl)cc4c3CCN2C)CCCCC1. The lowest BCUT2D eigenvalue weighted by Gasteiger charge is -2.47. The Morgan fingerprint density at radius 2 is 2.12 bits per heavy atom. The molecule has 1 aromatic carbocycles. The van der Waals surface area contributed by atoms with Gasteiger partial charge in [0.2, 0.25) is 0 Å². The third-order valence-corrected chi connectivity index (χ3v) is 6.52. The summed E-state index contributed by atoms with van der Waals surface area (Å²) in [6, 6.07) is 6.06. The van der Waals surface area contributed by atoms with E-state index in [-0.39, 0.29) is 12.0 Å². The van der Waals surface area contributed by atoms with Gasteiger partial charge in [-0.3, -0.25) is 9.69 Å². The Bertz CT molecular complexity index is 823. The van der Waals surface area contributed by atoms with Crippen molar-refractivity contribution < 1.29 is 9.53 Å². The number of halogens is 1. The molecule has 2 aliphatic rings. The van der Waals surface area contributed by atoms with E-state index in [0.29, 0.717) is 6.61 Å². The first-order chi connectivity index (χ1) is 12.6. The van der Waals surface area contributed by atoms with E-state index in [1.807, 2.05) is 25.1 Å². The van der Waals surface area contributed by atoms with Crippen molar-refractivity contribution in [2.45, 2.75) is 51.5 Å². The largest absolute Gasteiger partial charge is 0.466 e. The predicted molar refractivity (Wildman–Crippen MR) is 105 cm³/mol. The maximum atomic E-state index is 13.2. The second-order valence-electron chi connectivity index (χ2n) is 7.78. The topological polar surface area (TPSA) is 45.3 Å². The van der Waals surface area contributed by atoms with E-state index in [1.165, 1.54) is 23.1 Å².